The lowest BCUT2D eigenvalue weighted by Crippen LogP contribution is -2.55. The van der Waals surface area contributed by atoms with Crippen molar-refractivity contribution < 1.29 is 23.9 Å². The topological polar surface area (TPSA) is 138 Å². The van der Waals surface area contributed by atoms with Crippen LogP contribution in [0.3, 0.4) is 0 Å². The molecule has 2 amide bonds. The van der Waals surface area contributed by atoms with E-state index in [1.165, 1.54) is 7.11 Å². The Morgan fingerprint density at radius 1 is 1.11 bits per heavy atom. The summed E-state index contributed by atoms with van der Waals surface area (Å²) in [6, 6.07) is 4.64. The Labute approximate surface area is 259 Å². The zero-order valence-electron chi connectivity index (χ0n) is 26.2. The van der Waals surface area contributed by atoms with Crippen LogP contribution in [0.25, 0.3) is 0 Å². The third kappa shape index (κ3) is 6.74. The van der Waals surface area contributed by atoms with Crippen molar-refractivity contribution in [2.45, 2.75) is 95.4 Å². The van der Waals surface area contributed by atoms with Crippen molar-refractivity contribution in [1.82, 2.24) is 20.6 Å². The van der Waals surface area contributed by atoms with Gasteiger partial charge in [0.1, 0.15) is 29.6 Å². The van der Waals surface area contributed by atoms with E-state index in [-0.39, 0.29) is 36.0 Å². The number of likely N-dealkylation sites (N-methyl/N-ethyl adjacent to an activating group) is 2. The minimum absolute atomic E-state index is 0.00395. The second-order valence-corrected chi connectivity index (χ2v) is 11.8. The highest BCUT2D eigenvalue weighted by molar-refractivity contribution is 6.04. The van der Waals surface area contributed by atoms with Crippen molar-refractivity contribution in [2.24, 2.45) is 0 Å². The van der Waals surface area contributed by atoms with Crippen molar-refractivity contribution >= 4 is 40.9 Å². The van der Waals surface area contributed by atoms with Crippen LogP contribution in [0, 0.1) is 0 Å². The molecule has 12 nitrogen and oxygen atoms in total. The number of rotatable bonds is 12. The molecule has 44 heavy (non-hydrogen) atoms. The number of esters is 1. The van der Waals surface area contributed by atoms with E-state index in [0.29, 0.717) is 48.0 Å². The number of aromatic nitrogens is 2. The van der Waals surface area contributed by atoms with Crippen molar-refractivity contribution in [1.29, 1.82) is 0 Å². The Morgan fingerprint density at radius 2 is 1.84 bits per heavy atom. The first-order chi connectivity index (χ1) is 21.3. The second-order valence-electron chi connectivity index (χ2n) is 11.8. The van der Waals surface area contributed by atoms with Gasteiger partial charge in [-0.25, -0.2) is 4.98 Å². The van der Waals surface area contributed by atoms with Crippen LogP contribution in [-0.2, 0) is 14.3 Å². The third-order valence-electron chi connectivity index (χ3n) is 9.06. The van der Waals surface area contributed by atoms with Crippen LogP contribution in [0.4, 0.5) is 23.1 Å². The van der Waals surface area contributed by atoms with E-state index in [1.807, 2.05) is 6.92 Å². The number of nitrogens with zero attached hydrogens (tertiary/aromatic N) is 4. The maximum absolute atomic E-state index is 13.2. The van der Waals surface area contributed by atoms with Crippen molar-refractivity contribution in [2.75, 3.05) is 42.9 Å². The quantitative estimate of drug-likeness (QED) is 0.304. The predicted octanol–water partition coefficient (Wildman–Crippen LogP) is 3.93. The highest BCUT2D eigenvalue weighted by Crippen LogP contribution is 2.40. The first-order valence-corrected chi connectivity index (χ1v) is 15.9. The van der Waals surface area contributed by atoms with Gasteiger partial charge in [0.25, 0.3) is 5.91 Å². The predicted molar refractivity (Wildman–Crippen MR) is 169 cm³/mol. The molecule has 1 unspecified atom stereocenters. The Balaban J connectivity index is 1.25. The largest absolute Gasteiger partial charge is 0.495 e. The van der Waals surface area contributed by atoms with Gasteiger partial charge in [0, 0.05) is 25.2 Å². The number of fused-ring (bicyclic) bond motifs is 1. The molecule has 3 aliphatic rings. The van der Waals surface area contributed by atoms with E-state index >= 15 is 0 Å². The normalized spacial score (nSPS) is 19.5. The Kier molecular flexibility index (Phi) is 10.2. The number of anilines is 4. The average Bonchev–Trinajstić information content (AvgIpc) is 3.76. The highest BCUT2D eigenvalue weighted by atomic mass is 16.5. The van der Waals surface area contributed by atoms with Crippen molar-refractivity contribution in [3.63, 3.8) is 0 Å². The van der Waals surface area contributed by atoms with Gasteiger partial charge in [-0.2, -0.15) is 4.98 Å². The van der Waals surface area contributed by atoms with Crippen molar-refractivity contribution in [3.05, 3.63) is 30.0 Å². The molecule has 2 atom stereocenters. The van der Waals surface area contributed by atoms with E-state index in [1.54, 1.807) is 43.4 Å². The summed E-state index contributed by atoms with van der Waals surface area (Å²) in [6.07, 6.45) is 11.2. The molecule has 2 saturated carbocycles. The molecular weight excluding hydrogens is 562 g/mol. The first kappa shape index (κ1) is 31.5. The van der Waals surface area contributed by atoms with Crippen LogP contribution in [0.1, 0.15) is 81.5 Å². The molecule has 238 valence electrons. The number of hydrogen-bond donors (Lipinski definition) is 3. The van der Waals surface area contributed by atoms with Gasteiger partial charge in [0.2, 0.25) is 11.9 Å². The van der Waals surface area contributed by atoms with Crippen LogP contribution in [0.5, 0.6) is 5.75 Å². The van der Waals surface area contributed by atoms with Gasteiger partial charge >= 0.3 is 5.97 Å². The summed E-state index contributed by atoms with van der Waals surface area (Å²) in [6.45, 7) is 2.35. The van der Waals surface area contributed by atoms with Gasteiger partial charge < -0.3 is 35.2 Å². The lowest BCUT2D eigenvalue weighted by Gasteiger charge is -2.43. The number of benzene rings is 1. The number of amides is 2. The van der Waals surface area contributed by atoms with Crippen molar-refractivity contribution in [3.8, 4) is 5.75 Å². The number of carbonyl (C=O) groups is 3. The molecule has 2 aromatic rings. The summed E-state index contributed by atoms with van der Waals surface area (Å²) in [5, 5.41) is 9.14. The van der Waals surface area contributed by atoms with Gasteiger partial charge in [-0.3, -0.25) is 14.4 Å². The fourth-order valence-electron chi connectivity index (χ4n) is 6.56. The van der Waals surface area contributed by atoms with Gasteiger partial charge in [0.15, 0.2) is 5.82 Å². The zero-order chi connectivity index (χ0) is 31.2. The molecule has 5 rings (SSSR count). The van der Waals surface area contributed by atoms with E-state index in [2.05, 4.69) is 25.8 Å². The minimum Gasteiger partial charge on any atom is -0.495 e. The fourth-order valence-corrected chi connectivity index (χ4v) is 6.56. The summed E-state index contributed by atoms with van der Waals surface area (Å²) in [4.78, 5) is 51.9. The Bertz CT molecular complexity index is 1340. The maximum Gasteiger partial charge on any atom is 0.323 e. The van der Waals surface area contributed by atoms with Gasteiger partial charge in [-0.05, 0) is 76.6 Å². The fraction of sp³-hybridized carbons (Fsp3) is 0.594. The molecule has 0 spiro atoms. The number of ether oxygens (including phenoxy) is 2. The zero-order valence-corrected chi connectivity index (χ0v) is 26.2. The average molecular weight is 608 g/mol. The minimum atomic E-state index is -0.483. The summed E-state index contributed by atoms with van der Waals surface area (Å²) in [7, 11) is 5.04. The number of carbonyl (C=O) groups excluding carboxylic acids is 3. The molecule has 1 aliphatic heterocycles. The molecule has 2 aliphatic carbocycles. The SMILES string of the molecule is CC[C@@H]1C(=O)N(C)c2cnc(Nc3ccc(C(=O)NCCC(NC)C(=O)OC4CCCC4)cc3OC)nc2N1C1CCCC1. The van der Waals surface area contributed by atoms with Gasteiger partial charge in [0.05, 0.1) is 19.0 Å². The summed E-state index contributed by atoms with van der Waals surface area (Å²) >= 11 is 0. The standard InChI is InChI=1S/C32H45N7O5/c1-5-25-30(41)38(3)26-19-35-32(37-28(26)39(25)21-10-6-7-11-21)36-23-15-14-20(18-27(23)43-4)29(40)34-17-16-24(33-2)31(42)44-22-12-8-9-13-22/h14-15,18-19,21-22,24-25,33H,5-13,16-17H2,1-4H3,(H,34,40)(H,35,36,37)/t24?,25-/m1/s1. The summed E-state index contributed by atoms with van der Waals surface area (Å²) in [5.74, 6) is 1.11. The van der Waals surface area contributed by atoms with Crippen LogP contribution >= 0.6 is 0 Å². The van der Waals surface area contributed by atoms with E-state index < -0.39 is 6.04 Å². The molecular formula is C32H45N7O5. The number of methoxy groups -OCH3 is 1. The Morgan fingerprint density at radius 3 is 2.52 bits per heavy atom. The first-order valence-electron chi connectivity index (χ1n) is 15.9. The number of hydrogen-bond acceptors (Lipinski definition) is 10. The van der Waals surface area contributed by atoms with Gasteiger partial charge in [-0.15, -0.1) is 0 Å². The Hall–Kier alpha value is -3.93. The van der Waals surface area contributed by atoms with E-state index in [9.17, 15) is 14.4 Å². The smallest absolute Gasteiger partial charge is 0.323 e. The lowest BCUT2D eigenvalue weighted by molar-refractivity contribution is -0.151. The summed E-state index contributed by atoms with van der Waals surface area (Å²) in [5.41, 5.74) is 1.73. The maximum atomic E-state index is 13.2. The molecule has 2 heterocycles. The molecule has 1 aromatic carbocycles. The molecule has 1 aromatic heterocycles. The molecule has 0 radical (unpaired) electrons. The van der Waals surface area contributed by atoms with E-state index in [4.69, 9.17) is 14.5 Å². The molecule has 0 bridgehead atoms. The van der Waals surface area contributed by atoms with Crippen LogP contribution in [0.2, 0.25) is 0 Å². The third-order valence-corrected chi connectivity index (χ3v) is 9.06. The van der Waals surface area contributed by atoms with Crippen LogP contribution in [0.15, 0.2) is 24.4 Å². The van der Waals surface area contributed by atoms with E-state index in [0.717, 1.165) is 57.2 Å². The second kappa shape index (κ2) is 14.2. The van der Waals surface area contributed by atoms with Crippen LogP contribution in [-0.4, -0.2) is 79.7 Å². The molecule has 2 fully saturated rings. The van der Waals surface area contributed by atoms with Crippen LogP contribution < -0.4 is 30.5 Å². The molecule has 12 heteroatoms. The molecule has 3 N–H and O–H groups in total. The monoisotopic (exact) mass is 607 g/mol. The van der Waals surface area contributed by atoms with Gasteiger partial charge in [-0.1, -0.05) is 19.8 Å². The summed E-state index contributed by atoms with van der Waals surface area (Å²) < 4.78 is 11.2. The number of nitrogens with one attached hydrogen (secondary N) is 3. The lowest BCUT2D eigenvalue weighted by atomic mass is 10.0. The molecule has 0 saturated heterocycles. The highest BCUT2D eigenvalue weighted by Gasteiger charge is 2.41.